The molecular weight excluding hydrogens is 334 g/mol. The van der Waals surface area contributed by atoms with Crippen LogP contribution in [-0.4, -0.2) is 19.1 Å². The molecule has 0 amide bonds. The summed E-state index contributed by atoms with van der Waals surface area (Å²) in [4.78, 5) is 14.5. The highest BCUT2D eigenvalue weighted by Crippen LogP contribution is 2.29. The summed E-state index contributed by atoms with van der Waals surface area (Å²) in [6, 6.07) is 16.5. The third kappa shape index (κ3) is 4.30. The lowest BCUT2D eigenvalue weighted by atomic mass is 10.0. The van der Waals surface area contributed by atoms with E-state index < -0.39 is 0 Å². The van der Waals surface area contributed by atoms with E-state index in [0.717, 1.165) is 24.2 Å². The number of hydrogen-bond acceptors (Lipinski definition) is 3. The molecule has 0 radical (unpaired) electrons. The number of esters is 1. The Kier molecular flexibility index (Phi) is 5.80. The first-order valence-electron chi connectivity index (χ1n) is 9.62. The van der Waals surface area contributed by atoms with Gasteiger partial charge in [0.05, 0.1) is 5.57 Å². The lowest BCUT2D eigenvalue weighted by Gasteiger charge is -2.20. The molecule has 0 spiro atoms. The normalized spacial score (nSPS) is 15.2. The van der Waals surface area contributed by atoms with Crippen molar-refractivity contribution in [2.45, 2.75) is 33.6 Å². The van der Waals surface area contributed by atoms with E-state index in [1.807, 2.05) is 36.4 Å². The highest BCUT2D eigenvalue weighted by Gasteiger charge is 2.22. The predicted molar refractivity (Wildman–Crippen MR) is 113 cm³/mol. The highest BCUT2D eigenvalue weighted by molar-refractivity contribution is 6.05. The van der Waals surface area contributed by atoms with Crippen molar-refractivity contribution in [2.24, 2.45) is 0 Å². The van der Waals surface area contributed by atoms with E-state index in [-0.39, 0.29) is 5.97 Å². The fraction of sp³-hybridized carbons (Fsp3) is 0.292. The zero-order valence-corrected chi connectivity index (χ0v) is 16.5. The number of benzene rings is 2. The van der Waals surface area contributed by atoms with Gasteiger partial charge in [0.2, 0.25) is 0 Å². The van der Waals surface area contributed by atoms with Gasteiger partial charge in [-0.2, -0.15) is 0 Å². The lowest BCUT2D eigenvalue weighted by Crippen LogP contribution is -2.21. The van der Waals surface area contributed by atoms with Crippen LogP contribution >= 0.6 is 0 Å². The summed E-state index contributed by atoms with van der Waals surface area (Å²) in [5.41, 5.74) is 4.96. The Hall–Kier alpha value is -2.81. The van der Waals surface area contributed by atoms with Gasteiger partial charge < -0.3 is 9.64 Å². The minimum atomic E-state index is -0.300. The zero-order valence-electron chi connectivity index (χ0n) is 16.5. The van der Waals surface area contributed by atoms with Crippen LogP contribution in [0.3, 0.4) is 0 Å². The molecular formula is C24H27NO2. The number of anilines is 1. The summed E-state index contributed by atoms with van der Waals surface area (Å²) >= 11 is 0. The second kappa shape index (κ2) is 8.26. The van der Waals surface area contributed by atoms with E-state index in [1.54, 1.807) is 0 Å². The van der Waals surface area contributed by atoms with Crippen molar-refractivity contribution in [3.05, 3.63) is 76.9 Å². The number of hydrogen-bond donors (Lipinski definition) is 0. The maximum absolute atomic E-state index is 12.3. The number of ether oxygens (including phenoxy) is 1. The van der Waals surface area contributed by atoms with Crippen LogP contribution in [0.25, 0.3) is 11.8 Å². The number of cyclic esters (lactones) is 1. The Bertz CT molecular complexity index is 854. The largest absolute Gasteiger partial charge is 0.422 e. The topological polar surface area (TPSA) is 29.5 Å². The van der Waals surface area contributed by atoms with Crippen molar-refractivity contribution in [3.8, 4) is 0 Å². The summed E-state index contributed by atoms with van der Waals surface area (Å²) < 4.78 is 5.47. The van der Waals surface area contributed by atoms with Gasteiger partial charge in [-0.25, -0.2) is 4.79 Å². The van der Waals surface area contributed by atoms with E-state index in [2.05, 4.69) is 56.9 Å². The summed E-state index contributed by atoms with van der Waals surface area (Å²) in [7, 11) is 0. The number of carbonyl (C=O) groups is 1. The van der Waals surface area contributed by atoms with Gasteiger partial charge in [0.1, 0.15) is 5.76 Å². The molecule has 0 bridgehead atoms. The number of nitrogens with zero attached hydrogens (tertiary/aromatic N) is 1. The van der Waals surface area contributed by atoms with Gasteiger partial charge in [0, 0.05) is 24.3 Å². The maximum Gasteiger partial charge on any atom is 0.343 e. The molecule has 0 saturated heterocycles. The average Bonchev–Trinajstić information content (AvgIpc) is 3.04. The third-order valence-electron chi connectivity index (χ3n) is 4.93. The first-order chi connectivity index (χ1) is 13.0. The van der Waals surface area contributed by atoms with Gasteiger partial charge in [-0.05, 0) is 55.2 Å². The van der Waals surface area contributed by atoms with Crippen molar-refractivity contribution in [2.75, 3.05) is 18.0 Å². The minimum Gasteiger partial charge on any atom is -0.422 e. The van der Waals surface area contributed by atoms with Gasteiger partial charge in [0.15, 0.2) is 0 Å². The van der Waals surface area contributed by atoms with E-state index in [0.29, 0.717) is 17.3 Å². The van der Waals surface area contributed by atoms with Crippen LogP contribution in [-0.2, 0) is 9.53 Å². The molecule has 140 valence electrons. The van der Waals surface area contributed by atoms with Crippen LogP contribution in [0.1, 0.15) is 50.3 Å². The van der Waals surface area contributed by atoms with Crippen molar-refractivity contribution < 1.29 is 9.53 Å². The molecule has 2 aromatic carbocycles. The molecule has 0 N–H and O–H groups in total. The Morgan fingerprint density at radius 2 is 1.59 bits per heavy atom. The van der Waals surface area contributed by atoms with Gasteiger partial charge >= 0.3 is 5.97 Å². The van der Waals surface area contributed by atoms with Crippen molar-refractivity contribution in [1.29, 1.82) is 0 Å². The van der Waals surface area contributed by atoms with Crippen LogP contribution < -0.4 is 4.90 Å². The summed E-state index contributed by atoms with van der Waals surface area (Å²) in [5, 5.41) is 0. The maximum atomic E-state index is 12.3. The molecule has 1 aliphatic rings. The molecule has 0 aromatic heterocycles. The number of carbonyl (C=O) groups excluding carboxylic acids is 1. The standard InChI is InChI=1S/C24H27NO2/c1-5-25(6-2)22-13-7-18(8-14-22)15-21-16-23(27-24(21)26)20-11-9-19(10-12-20)17(3)4/h7-17H,5-6H2,1-4H3/b21-15-. The molecule has 1 heterocycles. The molecule has 0 unspecified atom stereocenters. The van der Waals surface area contributed by atoms with Crippen LogP contribution in [0, 0.1) is 0 Å². The Morgan fingerprint density at radius 3 is 2.15 bits per heavy atom. The minimum absolute atomic E-state index is 0.300. The molecule has 0 saturated carbocycles. The smallest absolute Gasteiger partial charge is 0.343 e. The Morgan fingerprint density at radius 1 is 0.963 bits per heavy atom. The van der Waals surface area contributed by atoms with Crippen LogP contribution in [0.15, 0.2) is 60.2 Å². The van der Waals surface area contributed by atoms with E-state index in [1.165, 1.54) is 11.3 Å². The van der Waals surface area contributed by atoms with Crippen molar-refractivity contribution in [3.63, 3.8) is 0 Å². The predicted octanol–water partition coefficient (Wildman–Crippen LogP) is 5.64. The lowest BCUT2D eigenvalue weighted by molar-refractivity contribution is -0.130. The number of rotatable bonds is 6. The first-order valence-corrected chi connectivity index (χ1v) is 9.62. The molecule has 3 rings (SSSR count). The summed E-state index contributed by atoms with van der Waals surface area (Å²) in [6.45, 7) is 10.6. The Balaban J connectivity index is 1.81. The fourth-order valence-corrected chi connectivity index (χ4v) is 3.21. The third-order valence-corrected chi connectivity index (χ3v) is 4.93. The molecule has 3 heteroatoms. The fourth-order valence-electron chi connectivity index (χ4n) is 3.21. The highest BCUT2D eigenvalue weighted by atomic mass is 16.5. The quantitative estimate of drug-likeness (QED) is 0.493. The molecule has 0 fully saturated rings. The van der Waals surface area contributed by atoms with Gasteiger partial charge in [0.25, 0.3) is 0 Å². The average molecular weight is 361 g/mol. The summed E-state index contributed by atoms with van der Waals surface area (Å²) in [6.07, 6.45) is 3.70. The molecule has 3 nitrogen and oxygen atoms in total. The molecule has 2 aromatic rings. The van der Waals surface area contributed by atoms with Crippen molar-refractivity contribution in [1.82, 2.24) is 0 Å². The summed E-state index contributed by atoms with van der Waals surface area (Å²) in [5.74, 6) is 0.793. The van der Waals surface area contributed by atoms with Crippen LogP contribution in [0.4, 0.5) is 5.69 Å². The van der Waals surface area contributed by atoms with Gasteiger partial charge in [-0.1, -0.05) is 50.2 Å². The van der Waals surface area contributed by atoms with Gasteiger partial charge in [-0.3, -0.25) is 0 Å². The molecule has 27 heavy (non-hydrogen) atoms. The second-order valence-electron chi connectivity index (χ2n) is 7.04. The Labute approximate surface area is 162 Å². The van der Waals surface area contributed by atoms with Crippen LogP contribution in [0.5, 0.6) is 0 Å². The van der Waals surface area contributed by atoms with E-state index in [9.17, 15) is 4.79 Å². The molecule has 1 aliphatic heterocycles. The monoisotopic (exact) mass is 361 g/mol. The van der Waals surface area contributed by atoms with Crippen LogP contribution in [0.2, 0.25) is 0 Å². The van der Waals surface area contributed by atoms with Gasteiger partial charge in [-0.15, -0.1) is 0 Å². The zero-order chi connectivity index (χ0) is 19.4. The first kappa shape index (κ1) is 19.0. The van der Waals surface area contributed by atoms with Crippen molar-refractivity contribution >= 4 is 23.5 Å². The van der Waals surface area contributed by atoms with E-state index in [4.69, 9.17) is 4.74 Å². The van der Waals surface area contributed by atoms with E-state index >= 15 is 0 Å². The SMILES string of the molecule is CCN(CC)c1ccc(/C=C2/C=C(c3ccc(C(C)C)cc3)OC2=O)cc1. The molecule has 0 atom stereocenters. The second-order valence-corrected chi connectivity index (χ2v) is 7.04. The molecule has 0 aliphatic carbocycles.